The topological polar surface area (TPSA) is 25.8 Å². The van der Waals surface area contributed by atoms with E-state index in [0.29, 0.717) is 0 Å². The predicted octanol–water partition coefficient (Wildman–Crippen LogP) is 4.08. The van der Waals surface area contributed by atoms with E-state index in [9.17, 15) is 0 Å². The summed E-state index contributed by atoms with van der Waals surface area (Å²) < 4.78 is 0. The van der Waals surface area contributed by atoms with Crippen LogP contribution in [-0.2, 0) is 34.1 Å². The maximum absolute atomic E-state index is 4.14. The van der Waals surface area contributed by atoms with Crippen LogP contribution < -0.4 is 0 Å². The van der Waals surface area contributed by atoms with Gasteiger partial charge in [-0.15, -0.1) is 39.8 Å². The summed E-state index contributed by atoms with van der Waals surface area (Å²) in [6.07, 6.45) is 3.62. The molecule has 0 saturated heterocycles. The first-order chi connectivity index (χ1) is 8.61. The molecule has 0 radical (unpaired) electrons. The van der Waals surface area contributed by atoms with E-state index >= 15 is 0 Å². The summed E-state index contributed by atoms with van der Waals surface area (Å²) >= 11 is 0. The number of nitrogens with zero attached hydrogens (tertiary/aromatic N) is 2. The van der Waals surface area contributed by atoms with Crippen LogP contribution in [0.1, 0.15) is 39.1 Å². The van der Waals surface area contributed by atoms with Gasteiger partial charge in [0.05, 0.1) is 0 Å². The molecule has 2 nitrogen and oxygen atoms in total. The monoisotopic (exact) mass is 366 g/mol. The number of hydrogen-bond donors (Lipinski definition) is 0. The smallest absolute Gasteiger partial charge is 0.295 e. The molecule has 0 aliphatic heterocycles. The van der Waals surface area contributed by atoms with Crippen LogP contribution in [0.5, 0.6) is 0 Å². The van der Waals surface area contributed by atoms with Crippen LogP contribution in [0.2, 0.25) is 0 Å². The van der Waals surface area contributed by atoms with Crippen molar-refractivity contribution in [3.63, 3.8) is 0 Å². The summed E-state index contributed by atoms with van der Waals surface area (Å²) in [6.45, 7) is 8.23. The third-order valence-corrected chi connectivity index (χ3v) is 2.35. The summed E-state index contributed by atoms with van der Waals surface area (Å²) in [5.74, 6) is 2.52. The second kappa shape index (κ2) is 11.9. The molecule has 116 valence electrons. The molecule has 0 unspecified atom stereocenters. The Hall–Kier alpha value is -0.921. The third-order valence-electron chi connectivity index (χ3n) is 2.35. The van der Waals surface area contributed by atoms with Crippen molar-refractivity contribution in [3.05, 3.63) is 72.0 Å². The van der Waals surface area contributed by atoms with Gasteiger partial charge < -0.3 is 0 Å². The molecule has 0 aromatic carbocycles. The van der Waals surface area contributed by atoms with Gasteiger partial charge in [-0.1, -0.05) is 23.5 Å². The van der Waals surface area contributed by atoms with Gasteiger partial charge in [0.2, 0.25) is 0 Å². The average molecular weight is 367 g/mol. The van der Waals surface area contributed by atoms with Gasteiger partial charge in [0.1, 0.15) is 0 Å². The Morgan fingerprint density at radius 3 is 1.15 bits per heavy atom. The van der Waals surface area contributed by atoms with E-state index in [0.717, 1.165) is 11.4 Å². The molecule has 0 bridgehead atoms. The van der Waals surface area contributed by atoms with E-state index in [-0.39, 0.29) is 34.1 Å². The van der Waals surface area contributed by atoms with E-state index in [4.69, 9.17) is 0 Å². The Balaban J connectivity index is 0. The molecule has 0 N–H and O–H groups in total. The van der Waals surface area contributed by atoms with Gasteiger partial charge in [0, 0.05) is 12.4 Å². The van der Waals surface area contributed by atoms with Gasteiger partial charge in [-0.05, 0) is 0 Å². The van der Waals surface area contributed by atoms with Crippen LogP contribution >= 0.6 is 0 Å². The van der Waals surface area contributed by atoms with Gasteiger partial charge in [-0.3, -0.25) is 9.97 Å². The minimum atomic E-state index is 0. The Labute approximate surface area is 143 Å². The van der Waals surface area contributed by atoms with Gasteiger partial charge in [0.15, 0.2) is 0 Å². The third kappa shape index (κ3) is 8.29. The largest absolute Gasteiger partial charge is 1.00 e. The van der Waals surface area contributed by atoms with Crippen LogP contribution in [0.25, 0.3) is 0 Å². The van der Waals surface area contributed by atoms with Crippen LogP contribution in [0.15, 0.2) is 48.8 Å². The molecule has 2 aromatic heterocycles. The van der Waals surface area contributed by atoms with Gasteiger partial charge in [0.25, 0.3) is 0 Å². The maximum atomic E-state index is 4.14. The molecule has 0 atom stereocenters. The molecule has 0 saturated carbocycles. The normalized spacial score (nSPS) is 8.20. The molecule has 2 rings (SSSR count). The van der Waals surface area contributed by atoms with Gasteiger partial charge in [-0.25, -0.2) is 0 Å². The maximum Gasteiger partial charge on any atom is 1.00 e. The first-order valence-electron chi connectivity index (χ1n) is 6.04. The van der Waals surface area contributed by atoms with Crippen molar-refractivity contribution >= 4 is 0 Å². The van der Waals surface area contributed by atoms with Crippen molar-refractivity contribution < 1.29 is 34.1 Å². The van der Waals surface area contributed by atoms with E-state index in [2.05, 4.69) is 37.7 Å². The SMILES string of the molecule is C[C-](C)c1ccccn1.C[C-](C)c1ccccn1.[Cu+].[Cu+]. The van der Waals surface area contributed by atoms with E-state index < -0.39 is 0 Å². The molecular weight excluding hydrogens is 347 g/mol. The van der Waals surface area contributed by atoms with Crippen molar-refractivity contribution in [2.24, 2.45) is 0 Å². The Kier molecular flexibility index (Phi) is 12.7. The quantitative estimate of drug-likeness (QED) is 0.590. The first-order valence-corrected chi connectivity index (χ1v) is 6.04. The predicted molar refractivity (Wildman–Crippen MR) is 75.9 cm³/mol. The van der Waals surface area contributed by atoms with E-state index in [1.807, 2.05) is 48.8 Å². The van der Waals surface area contributed by atoms with Crippen molar-refractivity contribution in [2.45, 2.75) is 27.7 Å². The second-order valence-electron chi connectivity index (χ2n) is 4.43. The minimum Gasteiger partial charge on any atom is -0.295 e. The number of hydrogen-bond acceptors (Lipinski definition) is 2. The molecule has 0 amide bonds. The molecule has 0 spiro atoms. The first kappa shape index (κ1) is 21.4. The van der Waals surface area contributed by atoms with Crippen LogP contribution in [0.4, 0.5) is 0 Å². The molecule has 2 heterocycles. The zero-order chi connectivity index (χ0) is 13.4. The second-order valence-corrected chi connectivity index (χ2v) is 4.43. The summed E-state index contributed by atoms with van der Waals surface area (Å²) in [7, 11) is 0. The Morgan fingerprint density at radius 2 is 1.00 bits per heavy atom. The summed E-state index contributed by atoms with van der Waals surface area (Å²) in [5, 5.41) is 0. The zero-order valence-corrected chi connectivity index (χ0v) is 14.0. The van der Waals surface area contributed by atoms with E-state index in [1.54, 1.807) is 0 Å². The van der Waals surface area contributed by atoms with Crippen LogP contribution in [0.3, 0.4) is 0 Å². The van der Waals surface area contributed by atoms with Crippen LogP contribution in [-0.4, -0.2) is 9.97 Å². The summed E-state index contributed by atoms with van der Waals surface area (Å²) in [5.41, 5.74) is 2.16. The molecule has 0 aliphatic carbocycles. The Bertz CT molecular complexity index is 387. The van der Waals surface area contributed by atoms with Crippen molar-refractivity contribution in [3.8, 4) is 0 Å². The zero-order valence-electron chi connectivity index (χ0n) is 12.1. The standard InChI is InChI=1S/2C8H10N.2Cu/c2*1-7(2)8-5-3-4-6-9-8;;/h2*3-6H,1-2H3;;/q2*-1;2*+1. The van der Waals surface area contributed by atoms with Crippen molar-refractivity contribution in [1.29, 1.82) is 0 Å². The van der Waals surface area contributed by atoms with Crippen molar-refractivity contribution in [1.82, 2.24) is 9.97 Å². The number of rotatable bonds is 2. The molecule has 0 fully saturated rings. The molecule has 4 heteroatoms. The molecule has 0 aliphatic rings. The van der Waals surface area contributed by atoms with Gasteiger partial charge >= 0.3 is 34.1 Å². The average Bonchev–Trinajstić information content (AvgIpc) is 2.41. The Morgan fingerprint density at radius 1 is 0.650 bits per heavy atom. The van der Waals surface area contributed by atoms with E-state index in [1.165, 1.54) is 11.8 Å². The van der Waals surface area contributed by atoms with Crippen LogP contribution in [0, 0.1) is 11.8 Å². The molecule has 20 heavy (non-hydrogen) atoms. The molecule has 2 aromatic rings. The fraction of sp³-hybridized carbons (Fsp3) is 0.250. The molecular formula is C16H20Cu2N2. The van der Waals surface area contributed by atoms with Gasteiger partial charge in [-0.2, -0.15) is 24.0 Å². The van der Waals surface area contributed by atoms with Crippen molar-refractivity contribution in [2.75, 3.05) is 0 Å². The fourth-order valence-corrected chi connectivity index (χ4v) is 1.32. The summed E-state index contributed by atoms with van der Waals surface area (Å²) in [4.78, 5) is 8.28. The summed E-state index contributed by atoms with van der Waals surface area (Å²) in [6, 6.07) is 11.9. The fourth-order valence-electron chi connectivity index (χ4n) is 1.32. The number of aromatic nitrogens is 2. The number of pyridine rings is 2. The minimum absolute atomic E-state index is 0.